The summed E-state index contributed by atoms with van der Waals surface area (Å²) in [6.07, 6.45) is 16.2. The minimum Gasteiger partial charge on any atom is -0.481 e. The Hall–Kier alpha value is -2.77. The van der Waals surface area contributed by atoms with Gasteiger partial charge in [0.2, 0.25) is 5.91 Å². The Morgan fingerprint density at radius 1 is 0.367 bits per heavy atom. The highest BCUT2D eigenvalue weighted by Gasteiger charge is 2.22. The molecular formula is C43H79NO16. The van der Waals surface area contributed by atoms with Crippen molar-refractivity contribution in [1.29, 1.82) is 0 Å². The number of amides is 1. The highest BCUT2D eigenvalue weighted by molar-refractivity contribution is 5.84. The van der Waals surface area contributed by atoms with Gasteiger partial charge in [0.05, 0.1) is 118 Å². The lowest BCUT2D eigenvalue weighted by atomic mass is 9.94. The van der Waals surface area contributed by atoms with Crippen molar-refractivity contribution < 1.29 is 77.2 Å². The van der Waals surface area contributed by atoms with Gasteiger partial charge in [-0.25, -0.2) is 0 Å². The summed E-state index contributed by atoms with van der Waals surface area (Å²) in [5.41, 5.74) is 0. The fourth-order valence-corrected chi connectivity index (χ4v) is 5.87. The number of ether oxygens (including phenoxy) is 8. The Balaban J connectivity index is 3.48. The van der Waals surface area contributed by atoms with Crippen molar-refractivity contribution in [3.63, 3.8) is 0 Å². The van der Waals surface area contributed by atoms with E-state index in [4.69, 9.17) is 48.1 Å². The first-order valence-electron chi connectivity index (χ1n) is 22.3. The van der Waals surface area contributed by atoms with Crippen LogP contribution in [0.2, 0.25) is 0 Å². The summed E-state index contributed by atoms with van der Waals surface area (Å²) in [6, 6.07) is 0. The molecular weight excluding hydrogens is 786 g/mol. The molecule has 0 aliphatic heterocycles. The highest BCUT2D eigenvalue weighted by Crippen LogP contribution is 2.17. The number of Topliss-reactive ketones (excluding diaryl/α,β-unsaturated/α-hetero) is 1. The van der Waals surface area contributed by atoms with Crippen molar-refractivity contribution in [2.75, 3.05) is 112 Å². The number of aliphatic carboxylic acids is 3. The molecule has 0 spiro atoms. The van der Waals surface area contributed by atoms with Crippen LogP contribution in [0.25, 0.3) is 0 Å². The summed E-state index contributed by atoms with van der Waals surface area (Å²) in [6.45, 7) is 6.57. The van der Waals surface area contributed by atoms with Crippen molar-refractivity contribution in [3.8, 4) is 0 Å². The number of carbonyl (C=O) groups excluding carboxylic acids is 2. The van der Waals surface area contributed by atoms with Crippen LogP contribution in [-0.4, -0.2) is 157 Å². The molecule has 0 aromatic carbocycles. The maximum atomic E-state index is 12.4. The van der Waals surface area contributed by atoms with Gasteiger partial charge in [-0.15, -0.1) is 0 Å². The van der Waals surface area contributed by atoms with Gasteiger partial charge >= 0.3 is 17.9 Å². The molecule has 0 aliphatic carbocycles. The summed E-state index contributed by atoms with van der Waals surface area (Å²) in [7, 11) is 0. The molecule has 17 nitrogen and oxygen atoms in total. The number of carbonyl (C=O) groups is 5. The lowest BCUT2D eigenvalue weighted by Gasteiger charge is -2.12. The van der Waals surface area contributed by atoms with Crippen LogP contribution in [-0.2, 0) is 61.9 Å². The van der Waals surface area contributed by atoms with E-state index in [1.807, 2.05) is 0 Å². The zero-order valence-electron chi connectivity index (χ0n) is 36.4. The van der Waals surface area contributed by atoms with E-state index < -0.39 is 23.8 Å². The summed E-state index contributed by atoms with van der Waals surface area (Å²) < 4.78 is 43.1. The van der Waals surface area contributed by atoms with Crippen LogP contribution in [0, 0.1) is 5.92 Å². The molecule has 0 radical (unpaired) electrons. The van der Waals surface area contributed by atoms with E-state index in [-0.39, 0.29) is 50.4 Å². The summed E-state index contributed by atoms with van der Waals surface area (Å²) in [5, 5.41) is 29.5. The fourth-order valence-electron chi connectivity index (χ4n) is 5.87. The zero-order chi connectivity index (χ0) is 44.0. The lowest BCUT2D eigenvalue weighted by molar-refractivity contribution is -0.144. The molecule has 0 saturated heterocycles. The Labute approximate surface area is 358 Å². The second-order valence-electron chi connectivity index (χ2n) is 14.6. The van der Waals surface area contributed by atoms with Gasteiger partial charge in [-0.1, -0.05) is 77.0 Å². The van der Waals surface area contributed by atoms with E-state index in [1.165, 1.54) is 44.9 Å². The van der Waals surface area contributed by atoms with Crippen LogP contribution >= 0.6 is 0 Å². The number of hydrogen-bond acceptors (Lipinski definition) is 13. The third-order valence-corrected chi connectivity index (χ3v) is 9.27. The predicted octanol–water partition coefficient (Wildman–Crippen LogP) is 5.48. The number of unbranched alkanes of at least 4 members (excludes halogenated alkanes) is 13. The van der Waals surface area contributed by atoms with Gasteiger partial charge in [-0.2, -0.15) is 0 Å². The Kier molecular flexibility index (Phi) is 43.6. The molecule has 352 valence electrons. The monoisotopic (exact) mass is 866 g/mol. The van der Waals surface area contributed by atoms with Gasteiger partial charge in [-0.05, 0) is 19.3 Å². The van der Waals surface area contributed by atoms with Gasteiger partial charge in [0, 0.05) is 32.2 Å². The summed E-state index contributed by atoms with van der Waals surface area (Å²) in [5.74, 6) is -3.84. The molecule has 0 aliphatic rings. The average Bonchev–Trinajstić information content (AvgIpc) is 3.21. The van der Waals surface area contributed by atoms with Crippen LogP contribution in [0.15, 0.2) is 0 Å². The van der Waals surface area contributed by atoms with Crippen LogP contribution in [0.4, 0.5) is 0 Å². The van der Waals surface area contributed by atoms with Crippen molar-refractivity contribution in [1.82, 2.24) is 5.32 Å². The molecule has 0 aromatic rings. The third-order valence-electron chi connectivity index (χ3n) is 9.27. The molecule has 0 saturated carbocycles. The van der Waals surface area contributed by atoms with E-state index in [0.29, 0.717) is 112 Å². The van der Waals surface area contributed by atoms with Crippen LogP contribution in [0.1, 0.15) is 128 Å². The van der Waals surface area contributed by atoms with E-state index in [9.17, 15) is 29.1 Å². The van der Waals surface area contributed by atoms with Crippen LogP contribution in [0.5, 0.6) is 0 Å². The second-order valence-corrected chi connectivity index (χ2v) is 14.6. The number of ketones is 1. The number of carboxylic acids is 3. The lowest BCUT2D eigenvalue weighted by Crippen LogP contribution is -2.29. The van der Waals surface area contributed by atoms with Gasteiger partial charge in [-0.3, -0.25) is 24.0 Å². The third kappa shape index (κ3) is 46.3. The second kappa shape index (κ2) is 45.7. The normalized spacial score (nSPS) is 11.8. The van der Waals surface area contributed by atoms with Crippen molar-refractivity contribution in [2.24, 2.45) is 5.92 Å². The first-order chi connectivity index (χ1) is 29.2. The smallest absolute Gasteiger partial charge is 0.306 e. The molecule has 0 fully saturated rings. The van der Waals surface area contributed by atoms with Crippen molar-refractivity contribution >= 4 is 29.6 Å². The predicted molar refractivity (Wildman–Crippen MR) is 223 cm³/mol. The standard InChI is InChI=1S/C43H79NO16/c45-39(15-13-11-9-7-5-3-1-2-4-6-8-10-12-14-16-41(47)48)37-38(43(51)52)17-18-40(46)44-20-22-54-24-26-56-28-30-58-32-34-60-36-35-59-33-31-57-29-27-55-25-23-53-21-19-42(49)50/h38H,1-37H2,(H,44,46)(H,47,48)(H,49,50)(H,51,52)/t38-/m1/s1. The SMILES string of the molecule is O=C(O)CCCCCCCCCCCCCCCCC(=O)C[C@@H](CCC(=O)NCCOCCOCCOCCOCCOCCOCCOCCOCCC(=O)O)C(=O)O. The molecule has 1 amide bonds. The van der Waals surface area contributed by atoms with E-state index in [0.717, 1.165) is 44.9 Å². The molecule has 0 rings (SSSR count). The minimum absolute atomic E-state index is 0.0183. The molecule has 0 aromatic heterocycles. The van der Waals surface area contributed by atoms with Crippen molar-refractivity contribution in [2.45, 2.75) is 128 Å². The van der Waals surface area contributed by atoms with E-state index >= 15 is 0 Å². The Bertz CT molecular complexity index is 1030. The quantitative estimate of drug-likeness (QED) is 0.0555. The first kappa shape index (κ1) is 57.2. The summed E-state index contributed by atoms with van der Waals surface area (Å²) >= 11 is 0. The molecule has 1 atom stereocenters. The maximum absolute atomic E-state index is 12.4. The number of hydrogen-bond donors (Lipinski definition) is 4. The van der Waals surface area contributed by atoms with Gasteiger partial charge in [0.1, 0.15) is 5.78 Å². The molecule has 4 N–H and O–H groups in total. The fraction of sp³-hybridized carbons (Fsp3) is 0.884. The van der Waals surface area contributed by atoms with E-state index in [2.05, 4.69) is 5.32 Å². The number of carboxylic acid groups (broad SMARTS) is 3. The Morgan fingerprint density at radius 2 is 0.683 bits per heavy atom. The van der Waals surface area contributed by atoms with Crippen molar-refractivity contribution in [3.05, 3.63) is 0 Å². The van der Waals surface area contributed by atoms with E-state index in [1.54, 1.807) is 0 Å². The number of rotatable bonds is 50. The first-order valence-corrected chi connectivity index (χ1v) is 22.3. The van der Waals surface area contributed by atoms with Crippen LogP contribution in [0.3, 0.4) is 0 Å². The van der Waals surface area contributed by atoms with Gasteiger partial charge < -0.3 is 58.5 Å². The summed E-state index contributed by atoms with van der Waals surface area (Å²) in [4.78, 5) is 57.2. The van der Waals surface area contributed by atoms with Crippen LogP contribution < -0.4 is 5.32 Å². The Morgan fingerprint density at radius 3 is 1.03 bits per heavy atom. The van der Waals surface area contributed by atoms with Gasteiger partial charge in [0.25, 0.3) is 0 Å². The maximum Gasteiger partial charge on any atom is 0.306 e. The average molecular weight is 866 g/mol. The highest BCUT2D eigenvalue weighted by atomic mass is 16.6. The largest absolute Gasteiger partial charge is 0.481 e. The zero-order valence-corrected chi connectivity index (χ0v) is 36.4. The topological polar surface area (TPSA) is 232 Å². The molecule has 0 heterocycles. The molecule has 17 heteroatoms. The molecule has 0 bridgehead atoms. The molecule has 0 unspecified atom stereocenters. The van der Waals surface area contributed by atoms with Gasteiger partial charge in [0.15, 0.2) is 0 Å². The number of nitrogens with one attached hydrogen (secondary N) is 1. The molecule has 60 heavy (non-hydrogen) atoms. The minimum atomic E-state index is -1.05.